The highest BCUT2D eigenvalue weighted by Crippen LogP contribution is 2.17. The van der Waals surface area contributed by atoms with Gasteiger partial charge in [0.25, 0.3) is 0 Å². The lowest BCUT2D eigenvalue weighted by Crippen LogP contribution is -2.17. The Kier molecular flexibility index (Phi) is 6.24. The molecule has 2 nitrogen and oxygen atoms in total. The van der Waals surface area contributed by atoms with Gasteiger partial charge in [-0.2, -0.15) is 0 Å². The molecule has 21 heavy (non-hydrogen) atoms. The molecule has 0 aromatic heterocycles. The van der Waals surface area contributed by atoms with E-state index < -0.39 is 0 Å². The summed E-state index contributed by atoms with van der Waals surface area (Å²) >= 11 is 6.21. The van der Waals surface area contributed by atoms with E-state index in [4.69, 9.17) is 11.6 Å². The zero-order valence-corrected chi connectivity index (χ0v) is 13.5. The molecule has 0 fully saturated rings. The Labute approximate surface area is 132 Å². The van der Waals surface area contributed by atoms with Crippen molar-refractivity contribution in [2.75, 3.05) is 13.6 Å². The summed E-state index contributed by atoms with van der Waals surface area (Å²) in [6.45, 7) is 5.85. The van der Waals surface area contributed by atoms with Crippen LogP contribution in [0.3, 0.4) is 0 Å². The van der Waals surface area contributed by atoms with Crippen molar-refractivity contribution in [2.45, 2.75) is 26.6 Å². The fourth-order valence-electron chi connectivity index (χ4n) is 2.32. The van der Waals surface area contributed by atoms with Crippen LogP contribution in [0.2, 0.25) is 5.02 Å². The molecule has 0 radical (unpaired) electrons. The van der Waals surface area contributed by atoms with Crippen LogP contribution < -0.4 is 5.32 Å². The molecular formula is C18H23ClN2. The summed E-state index contributed by atoms with van der Waals surface area (Å²) in [5.41, 5.74) is 3.82. The van der Waals surface area contributed by atoms with Gasteiger partial charge in [0.05, 0.1) is 0 Å². The van der Waals surface area contributed by atoms with E-state index in [2.05, 4.69) is 54.5 Å². The number of rotatable bonds is 7. The van der Waals surface area contributed by atoms with Gasteiger partial charge in [-0.05, 0) is 36.3 Å². The van der Waals surface area contributed by atoms with E-state index in [-0.39, 0.29) is 0 Å². The predicted octanol–water partition coefficient (Wildman–Crippen LogP) is 4.08. The highest BCUT2D eigenvalue weighted by molar-refractivity contribution is 6.31. The van der Waals surface area contributed by atoms with Gasteiger partial charge in [-0.15, -0.1) is 0 Å². The lowest BCUT2D eigenvalue weighted by molar-refractivity contribution is 0.319. The number of hydrogen-bond donors (Lipinski definition) is 1. The molecule has 3 heteroatoms. The van der Waals surface area contributed by atoms with Crippen molar-refractivity contribution >= 4 is 11.6 Å². The highest BCUT2D eigenvalue weighted by Gasteiger charge is 2.05. The van der Waals surface area contributed by atoms with Gasteiger partial charge in [0.2, 0.25) is 0 Å². The maximum Gasteiger partial charge on any atom is 0.0451 e. The molecule has 0 spiro atoms. The van der Waals surface area contributed by atoms with Crippen molar-refractivity contribution in [3.63, 3.8) is 0 Å². The van der Waals surface area contributed by atoms with Crippen LogP contribution in [0.4, 0.5) is 0 Å². The van der Waals surface area contributed by atoms with Crippen molar-refractivity contribution in [1.82, 2.24) is 10.2 Å². The summed E-state index contributed by atoms with van der Waals surface area (Å²) < 4.78 is 0. The Morgan fingerprint density at radius 3 is 2.29 bits per heavy atom. The summed E-state index contributed by atoms with van der Waals surface area (Å²) in [4.78, 5) is 2.28. The second-order valence-corrected chi connectivity index (χ2v) is 5.77. The van der Waals surface area contributed by atoms with E-state index in [0.29, 0.717) is 0 Å². The van der Waals surface area contributed by atoms with E-state index >= 15 is 0 Å². The minimum Gasteiger partial charge on any atom is -0.313 e. The van der Waals surface area contributed by atoms with E-state index in [1.165, 1.54) is 16.7 Å². The molecule has 0 aliphatic rings. The van der Waals surface area contributed by atoms with Gasteiger partial charge in [-0.3, -0.25) is 4.90 Å². The molecule has 0 amide bonds. The number of halogens is 1. The maximum absolute atomic E-state index is 6.21. The third-order valence-corrected chi connectivity index (χ3v) is 3.82. The highest BCUT2D eigenvalue weighted by atomic mass is 35.5. The fourth-order valence-corrected chi connectivity index (χ4v) is 2.51. The van der Waals surface area contributed by atoms with Gasteiger partial charge in [-0.25, -0.2) is 0 Å². The molecule has 2 aromatic rings. The van der Waals surface area contributed by atoms with Crippen LogP contribution >= 0.6 is 11.6 Å². The summed E-state index contributed by atoms with van der Waals surface area (Å²) in [5, 5.41) is 4.18. The molecule has 0 aliphatic heterocycles. The molecule has 0 unspecified atom stereocenters. The first-order valence-corrected chi connectivity index (χ1v) is 7.77. The molecule has 2 aromatic carbocycles. The normalized spacial score (nSPS) is 11.0. The van der Waals surface area contributed by atoms with Crippen LogP contribution in [0.1, 0.15) is 23.6 Å². The summed E-state index contributed by atoms with van der Waals surface area (Å²) in [6.07, 6.45) is 0. The summed E-state index contributed by atoms with van der Waals surface area (Å²) in [5.74, 6) is 0. The first kappa shape index (κ1) is 16.0. The summed E-state index contributed by atoms with van der Waals surface area (Å²) in [6, 6.07) is 16.8. The number of hydrogen-bond acceptors (Lipinski definition) is 2. The smallest absolute Gasteiger partial charge is 0.0451 e. The lowest BCUT2D eigenvalue weighted by atomic mass is 10.1. The second-order valence-electron chi connectivity index (χ2n) is 5.36. The van der Waals surface area contributed by atoms with Crippen LogP contribution in [0.5, 0.6) is 0 Å². The molecule has 0 aliphatic carbocycles. The number of benzene rings is 2. The first-order valence-electron chi connectivity index (χ1n) is 7.39. The van der Waals surface area contributed by atoms with Crippen LogP contribution in [0.15, 0.2) is 48.5 Å². The van der Waals surface area contributed by atoms with Crippen molar-refractivity contribution in [2.24, 2.45) is 0 Å². The molecule has 0 saturated heterocycles. The number of nitrogens with zero attached hydrogens (tertiary/aromatic N) is 1. The standard InChI is InChI=1S/C18H23ClN2/c1-3-20-12-15-8-10-16(11-9-15)13-21(2)14-17-6-4-5-7-18(17)19/h4-11,20H,3,12-14H2,1-2H3. The zero-order chi connectivity index (χ0) is 15.1. The van der Waals surface area contributed by atoms with Crippen LogP contribution in [-0.2, 0) is 19.6 Å². The van der Waals surface area contributed by atoms with Crippen molar-refractivity contribution in [3.05, 3.63) is 70.2 Å². The Hall–Kier alpha value is -1.35. The van der Waals surface area contributed by atoms with E-state index in [1.807, 2.05) is 18.2 Å². The topological polar surface area (TPSA) is 15.3 Å². The minimum absolute atomic E-state index is 0.838. The molecule has 0 atom stereocenters. The van der Waals surface area contributed by atoms with Crippen molar-refractivity contribution in [3.8, 4) is 0 Å². The average molecular weight is 303 g/mol. The van der Waals surface area contributed by atoms with E-state index in [9.17, 15) is 0 Å². The van der Waals surface area contributed by atoms with Crippen LogP contribution in [0.25, 0.3) is 0 Å². The van der Waals surface area contributed by atoms with Crippen molar-refractivity contribution in [1.29, 1.82) is 0 Å². The van der Waals surface area contributed by atoms with Gasteiger partial charge in [-0.1, -0.05) is 61.0 Å². The number of nitrogens with one attached hydrogen (secondary N) is 1. The monoisotopic (exact) mass is 302 g/mol. The first-order chi connectivity index (χ1) is 10.2. The van der Waals surface area contributed by atoms with Gasteiger partial charge in [0.15, 0.2) is 0 Å². The second kappa shape index (κ2) is 8.18. The molecule has 0 saturated carbocycles. The third-order valence-electron chi connectivity index (χ3n) is 3.45. The van der Waals surface area contributed by atoms with Gasteiger partial charge >= 0.3 is 0 Å². The third kappa shape index (κ3) is 5.16. The Morgan fingerprint density at radius 2 is 1.62 bits per heavy atom. The van der Waals surface area contributed by atoms with Crippen molar-refractivity contribution < 1.29 is 0 Å². The Balaban J connectivity index is 1.90. The maximum atomic E-state index is 6.21. The zero-order valence-electron chi connectivity index (χ0n) is 12.8. The van der Waals surface area contributed by atoms with Gasteiger partial charge < -0.3 is 5.32 Å². The minimum atomic E-state index is 0.838. The fraction of sp³-hybridized carbons (Fsp3) is 0.333. The van der Waals surface area contributed by atoms with Gasteiger partial charge in [0.1, 0.15) is 0 Å². The summed E-state index contributed by atoms with van der Waals surface area (Å²) in [7, 11) is 2.12. The Bertz CT molecular complexity index is 551. The van der Waals surface area contributed by atoms with Crippen LogP contribution in [0, 0.1) is 0 Å². The quantitative estimate of drug-likeness (QED) is 0.829. The molecule has 0 bridgehead atoms. The SMILES string of the molecule is CCNCc1ccc(CN(C)Cc2ccccc2Cl)cc1. The predicted molar refractivity (Wildman–Crippen MR) is 90.4 cm³/mol. The largest absolute Gasteiger partial charge is 0.313 e. The molecule has 0 heterocycles. The van der Waals surface area contributed by atoms with E-state index in [1.54, 1.807) is 0 Å². The molecule has 1 N–H and O–H groups in total. The Morgan fingerprint density at radius 1 is 0.952 bits per heavy atom. The van der Waals surface area contributed by atoms with Crippen LogP contribution in [-0.4, -0.2) is 18.5 Å². The van der Waals surface area contributed by atoms with E-state index in [0.717, 1.165) is 31.2 Å². The van der Waals surface area contributed by atoms with Gasteiger partial charge in [0, 0.05) is 24.7 Å². The molecule has 112 valence electrons. The molecule has 2 rings (SSSR count). The molecular weight excluding hydrogens is 280 g/mol. The lowest BCUT2D eigenvalue weighted by Gasteiger charge is -2.18. The average Bonchev–Trinajstić information content (AvgIpc) is 2.49.